The standard InChI is InChI=1S/C4H2F8NO4S2.K/c5-1(6)3(9,10)18(14,15)13-19(16,17)4(11,12)2(7)8;/h1-2H;/q-1;+1. The molecule has 0 fully saturated rings. The van der Waals surface area contributed by atoms with Crippen LogP contribution in [0.2, 0.25) is 0 Å². The van der Waals surface area contributed by atoms with Crippen molar-refractivity contribution in [2.45, 2.75) is 23.4 Å². The summed E-state index contributed by atoms with van der Waals surface area (Å²) in [6, 6.07) is 0. The molecule has 116 valence electrons. The molecule has 16 heteroatoms. The van der Waals surface area contributed by atoms with E-state index in [1.165, 1.54) is 0 Å². The Bertz CT molecular complexity index is 483. The Morgan fingerprint density at radius 3 is 1.05 bits per heavy atom. The molecule has 0 N–H and O–H groups in total. The summed E-state index contributed by atoms with van der Waals surface area (Å²) >= 11 is 0. The third kappa shape index (κ3) is 4.47. The van der Waals surface area contributed by atoms with Crippen LogP contribution < -0.4 is 51.4 Å². The molecular formula is C4H2F8KNO4S2. The minimum absolute atomic E-state index is 0. The van der Waals surface area contributed by atoms with Gasteiger partial charge in [0.05, 0.1) is 0 Å². The third-order valence-electron chi connectivity index (χ3n) is 1.39. The molecule has 0 bridgehead atoms. The topological polar surface area (TPSA) is 82.4 Å². The normalized spacial score (nSPS) is 14.5. The van der Waals surface area contributed by atoms with Crippen molar-refractivity contribution in [1.29, 1.82) is 0 Å². The van der Waals surface area contributed by atoms with Crippen LogP contribution in [0.15, 0.2) is 0 Å². The van der Waals surface area contributed by atoms with Gasteiger partial charge in [-0.2, -0.15) is 17.6 Å². The molecule has 0 aromatic heterocycles. The molecule has 0 aliphatic rings. The van der Waals surface area contributed by atoms with Crippen molar-refractivity contribution in [3.63, 3.8) is 0 Å². The van der Waals surface area contributed by atoms with Gasteiger partial charge in [-0.1, -0.05) is 0 Å². The van der Waals surface area contributed by atoms with E-state index in [4.69, 9.17) is 0 Å². The average molecular weight is 383 g/mol. The number of halogens is 8. The second-order valence-corrected chi connectivity index (χ2v) is 6.33. The van der Waals surface area contributed by atoms with Crippen LogP contribution in [0.4, 0.5) is 35.1 Å². The van der Waals surface area contributed by atoms with E-state index in [9.17, 15) is 52.0 Å². The Morgan fingerprint density at radius 1 is 0.700 bits per heavy atom. The molecule has 0 heterocycles. The summed E-state index contributed by atoms with van der Waals surface area (Å²) in [6.45, 7) is 0. The maximum Gasteiger partial charge on any atom is 1.00 e. The first-order valence-corrected chi connectivity index (χ1v) is 6.53. The van der Waals surface area contributed by atoms with Gasteiger partial charge in [0.15, 0.2) is 20.0 Å². The van der Waals surface area contributed by atoms with Crippen molar-refractivity contribution in [2.75, 3.05) is 0 Å². The number of nitrogens with zero attached hydrogens (tertiary/aromatic N) is 1. The quantitative estimate of drug-likeness (QED) is 0.424. The summed E-state index contributed by atoms with van der Waals surface area (Å²) in [5.41, 5.74) is 0. The third-order valence-corrected chi connectivity index (χ3v) is 4.69. The van der Waals surface area contributed by atoms with Gasteiger partial charge in [-0.05, 0) is 0 Å². The maximum absolute atomic E-state index is 12.3. The monoisotopic (exact) mass is 383 g/mol. The van der Waals surface area contributed by atoms with Gasteiger partial charge in [0.1, 0.15) is 0 Å². The zero-order valence-corrected chi connectivity index (χ0v) is 13.8. The van der Waals surface area contributed by atoms with Crippen LogP contribution in [-0.4, -0.2) is 40.2 Å². The van der Waals surface area contributed by atoms with E-state index in [2.05, 4.69) is 0 Å². The van der Waals surface area contributed by atoms with E-state index in [1.807, 2.05) is 0 Å². The van der Waals surface area contributed by atoms with Gasteiger partial charge < -0.3 is 4.13 Å². The largest absolute Gasteiger partial charge is 1.00 e. The van der Waals surface area contributed by atoms with Crippen molar-refractivity contribution in [3.05, 3.63) is 4.13 Å². The van der Waals surface area contributed by atoms with Gasteiger partial charge in [0, 0.05) is 0 Å². The second kappa shape index (κ2) is 7.01. The van der Waals surface area contributed by atoms with Crippen LogP contribution in [-0.2, 0) is 20.0 Å². The first-order chi connectivity index (χ1) is 8.09. The summed E-state index contributed by atoms with van der Waals surface area (Å²) in [5.74, 6) is 0. The molecule has 0 atom stereocenters. The Morgan fingerprint density at radius 2 is 0.900 bits per heavy atom. The maximum atomic E-state index is 12.3. The van der Waals surface area contributed by atoms with Crippen LogP contribution in [0.1, 0.15) is 0 Å². The van der Waals surface area contributed by atoms with Crippen LogP contribution in [0, 0.1) is 0 Å². The van der Waals surface area contributed by atoms with Gasteiger partial charge >= 0.3 is 74.7 Å². The van der Waals surface area contributed by atoms with Crippen LogP contribution >= 0.6 is 0 Å². The van der Waals surface area contributed by atoms with Crippen molar-refractivity contribution >= 4 is 20.0 Å². The summed E-state index contributed by atoms with van der Waals surface area (Å²) in [7, 11) is -14.0. The Kier molecular flexibility index (Phi) is 8.13. The predicted octanol–water partition coefficient (Wildman–Crippen LogP) is -1.26. The van der Waals surface area contributed by atoms with Gasteiger partial charge in [-0.15, -0.1) is 0 Å². The molecule has 0 radical (unpaired) electrons. The Hall–Kier alpha value is 0.936. The molecule has 0 saturated carbocycles. The SMILES string of the molecule is O=S(=O)([N-]S(=O)(=O)C(F)(F)C(F)F)C(F)(F)C(F)F.[K+]. The number of hydrogen-bond acceptors (Lipinski definition) is 4. The minimum Gasteiger partial charge on any atom is -0.425 e. The molecule has 0 aromatic carbocycles. The Labute approximate surface area is 149 Å². The molecule has 0 saturated heterocycles. The van der Waals surface area contributed by atoms with Crippen molar-refractivity contribution < 1.29 is 103 Å². The molecule has 0 aromatic rings. The second-order valence-electron chi connectivity index (χ2n) is 2.75. The van der Waals surface area contributed by atoms with E-state index in [0.29, 0.717) is 0 Å². The minimum atomic E-state index is -6.99. The van der Waals surface area contributed by atoms with Crippen molar-refractivity contribution in [3.8, 4) is 0 Å². The van der Waals surface area contributed by atoms with Gasteiger partial charge in [0.25, 0.3) is 0 Å². The fourth-order valence-electron chi connectivity index (χ4n) is 0.454. The van der Waals surface area contributed by atoms with Crippen LogP contribution in [0.25, 0.3) is 4.13 Å². The van der Waals surface area contributed by atoms with E-state index in [1.54, 1.807) is 0 Å². The number of rotatable bonds is 6. The van der Waals surface area contributed by atoms with E-state index >= 15 is 0 Å². The van der Waals surface area contributed by atoms with Crippen molar-refractivity contribution in [1.82, 2.24) is 0 Å². The van der Waals surface area contributed by atoms with E-state index in [-0.39, 0.29) is 51.4 Å². The zero-order valence-electron chi connectivity index (χ0n) is 9.08. The number of hydrogen-bond donors (Lipinski definition) is 0. The molecule has 0 spiro atoms. The average Bonchev–Trinajstić information content (AvgIpc) is 2.14. The molecule has 0 aliphatic carbocycles. The number of alkyl halides is 8. The van der Waals surface area contributed by atoms with E-state index in [0.717, 1.165) is 4.13 Å². The molecule has 0 amide bonds. The summed E-state index contributed by atoms with van der Waals surface area (Å²) in [6.07, 6.45) is -10.0. The molecule has 0 aliphatic heterocycles. The summed E-state index contributed by atoms with van der Waals surface area (Å²) < 4.78 is 138. The first kappa shape index (κ1) is 23.2. The fraction of sp³-hybridized carbons (Fsp3) is 1.00. The fourth-order valence-corrected chi connectivity index (χ4v) is 2.73. The smallest absolute Gasteiger partial charge is 0.425 e. The van der Waals surface area contributed by atoms with E-state index < -0.39 is 43.4 Å². The van der Waals surface area contributed by atoms with Crippen LogP contribution in [0.3, 0.4) is 0 Å². The van der Waals surface area contributed by atoms with Gasteiger partial charge in [-0.25, -0.2) is 34.4 Å². The molecule has 20 heavy (non-hydrogen) atoms. The first-order valence-electron chi connectivity index (χ1n) is 3.65. The van der Waals surface area contributed by atoms with Crippen molar-refractivity contribution in [2.24, 2.45) is 0 Å². The van der Waals surface area contributed by atoms with Crippen LogP contribution in [0.5, 0.6) is 0 Å². The molecule has 0 rings (SSSR count). The summed E-state index contributed by atoms with van der Waals surface area (Å²) in [4.78, 5) is 0. The Balaban J connectivity index is 0. The summed E-state index contributed by atoms with van der Waals surface area (Å²) in [5, 5.41) is -12.3. The zero-order chi connectivity index (χ0) is 15.9. The van der Waals surface area contributed by atoms with Gasteiger partial charge in [0.2, 0.25) is 0 Å². The van der Waals surface area contributed by atoms with Gasteiger partial charge in [-0.3, -0.25) is 0 Å². The number of sulfonamides is 2. The molecule has 0 unspecified atom stereocenters. The predicted molar refractivity (Wildman–Crippen MR) is 43.1 cm³/mol. The molecule has 5 nitrogen and oxygen atoms in total. The molecular weight excluding hydrogens is 381 g/mol.